The van der Waals surface area contributed by atoms with Gasteiger partial charge in [0.05, 0.1) is 0 Å². The van der Waals surface area contributed by atoms with Gasteiger partial charge in [-0.1, -0.05) is 26.2 Å². The number of hydrogen-bond acceptors (Lipinski definition) is 2. The van der Waals surface area contributed by atoms with Gasteiger partial charge in [-0.15, -0.1) is 0 Å². The van der Waals surface area contributed by atoms with Gasteiger partial charge in [0.1, 0.15) is 0 Å². The Hall–Kier alpha value is -0.770. The lowest BCUT2D eigenvalue weighted by atomic mass is 9.80. The van der Waals surface area contributed by atoms with Crippen LogP contribution < -0.4 is 5.32 Å². The van der Waals surface area contributed by atoms with E-state index in [0.717, 1.165) is 50.0 Å². The van der Waals surface area contributed by atoms with Crippen molar-refractivity contribution in [2.75, 3.05) is 40.4 Å². The van der Waals surface area contributed by atoms with Crippen LogP contribution in [-0.4, -0.2) is 51.3 Å². The third-order valence-electron chi connectivity index (χ3n) is 5.60. The van der Waals surface area contributed by atoms with Gasteiger partial charge in [-0.05, 0) is 43.4 Å². The molecule has 1 aliphatic heterocycles. The smallest absolute Gasteiger partial charge is 0.193 e. The van der Waals surface area contributed by atoms with Gasteiger partial charge in [-0.3, -0.25) is 4.99 Å². The normalized spacial score (nSPS) is 27.7. The number of aliphatic imine (C=N–C) groups is 1. The van der Waals surface area contributed by atoms with Crippen molar-refractivity contribution in [3.05, 3.63) is 0 Å². The highest BCUT2D eigenvalue weighted by Gasteiger charge is 2.22. The Labute approximate surface area is 136 Å². The molecule has 1 saturated carbocycles. The molecule has 22 heavy (non-hydrogen) atoms. The Balaban J connectivity index is 1.70. The molecule has 2 rings (SSSR count). The first kappa shape index (κ1) is 17.6. The Morgan fingerprint density at radius 3 is 2.59 bits per heavy atom. The predicted octanol–water partition coefficient (Wildman–Crippen LogP) is 3.14. The van der Waals surface area contributed by atoms with E-state index in [2.05, 4.69) is 29.2 Å². The molecule has 0 amide bonds. The third kappa shape index (κ3) is 5.45. The summed E-state index contributed by atoms with van der Waals surface area (Å²) in [5.74, 6) is 3.55. The first-order valence-corrected chi connectivity index (χ1v) is 9.20. The van der Waals surface area contributed by atoms with Gasteiger partial charge in [0, 0.05) is 40.4 Å². The van der Waals surface area contributed by atoms with E-state index in [0.29, 0.717) is 0 Å². The molecular weight excluding hydrogens is 274 g/mol. The van der Waals surface area contributed by atoms with Gasteiger partial charge < -0.3 is 15.0 Å². The number of guanidine groups is 1. The van der Waals surface area contributed by atoms with Crippen LogP contribution in [0.15, 0.2) is 4.99 Å². The molecule has 1 aliphatic carbocycles. The van der Waals surface area contributed by atoms with Crippen molar-refractivity contribution in [2.24, 2.45) is 22.7 Å². The van der Waals surface area contributed by atoms with Crippen LogP contribution >= 0.6 is 0 Å². The maximum Gasteiger partial charge on any atom is 0.193 e. The van der Waals surface area contributed by atoms with Gasteiger partial charge >= 0.3 is 0 Å². The summed E-state index contributed by atoms with van der Waals surface area (Å²) in [6.45, 7) is 6.46. The highest BCUT2D eigenvalue weighted by atomic mass is 16.5. The number of rotatable bonds is 5. The first-order valence-electron chi connectivity index (χ1n) is 9.20. The van der Waals surface area contributed by atoms with Crippen molar-refractivity contribution in [3.8, 4) is 0 Å². The minimum Gasteiger partial charge on any atom is -0.381 e. The van der Waals surface area contributed by atoms with Crippen LogP contribution in [0.25, 0.3) is 0 Å². The summed E-state index contributed by atoms with van der Waals surface area (Å²) in [7, 11) is 4.07. The topological polar surface area (TPSA) is 36.9 Å². The van der Waals surface area contributed by atoms with E-state index < -0.39 is 0 Å². The summed E-state index contributed by atoms with van der Waals surface area (Å²) in [6, 6.07) is 0. The third-order valence-corrected chi connectivity index (χ3v) is 5.60. The molecule has 0 aromatic rings. The fourth-order valence-corrected chi connectivity index (χ4v) is 3.82. The van der Waals surface area contributed by atoms with E-state index in [1.54, 1.807) is 0 Å². The van der Waals surface area contributed by atoms with Crippen LogP contribution in [0, 0.1) is 17.8 Å². The van der Waals surface area contributed by atoms with E-state index in [1.165, 1.54) is 44.9 Å². The molecule has 2 aliphatic rings. The van der Waals surface area contributed by atoms with Gasteiger partial charge in [-0.2, -0.15) is 0 Å². The van der Waals surface area contributed by atoms with Crippen LogP contribution in [0.1, 0.15) is 51.9 Å². The SMILES string of the molecule is CN=C(NCC1CCCCC1C)N(C)CCC1CCOCC1. The monoisotopic (exact) mass is 309 g/mol. The van der Waals surface area contributed by atoms with Crippen molar-refractivity contribution in [1.82, 2.24) is 10.2 Å². The van der Waals surface area contributed by atoms with E-state index in [-0.39, 0.29) is 0 Å². The number of nitrogens with zero attached hydrogens (tertiary/aromatic N) is 2. The molecule has 0 spiro atoms. The zero-order valence-corrected chi connectivity index (χ0v) is 14.8. The molecule has 128 valence electrons. The zero-order chi connectivity index (χ0) is 15.8. The Morgan fingerprint density at radius 2 is 1.91 bits per heavy atom. The second-order valence-corrected chi connectivity index (χ2v) is 7.22. The molecule has 0 radical (unpaired) electrons. The lowest BCUT2D eigenvalue weighted by Gasteiger charge is -2.31. The number of ether oxygens (including phenoxy) is 1. The molecule has 0 bridgehead atoms. The summed E-state index contributed by atoms with van der Waals surface area (Å²) < 4.78 is 5.44. The molecule has 2 atom stereocenters. The standard InChI is InChI=1S/C18H35N3O/c1-15-6-4-5-7-17(15)14-20-18(19-2)21(3)11-8-16-9-12-22-13-10-16/h15-17H,4-14H2,1-3H3,(H,19,20). The van der Waals surface area contributed by atoms with Crippen LogP contribution in [0.5, 0.6) is 0 Å². The largest absolute Gasteiger partial charge is 0.381 e. The predicted molar refractivity (Wildman–Crippen MR) is 93.3 cm³/mol. The summed E-state index contributed by atoms with van der Waals surface area (Å²) in [5.41, 5.74) is 0. The van der Waals surface area contributed by atoms with Crippen LogP contribution in [0.4, 0.5) is 0 Å². The van der Waals surface area contributed by atoms with Gasteiger partial charge in [-0.25, -0.2) is 0 Å². The highest BCUT2D eigenvalue weighted by molar-refractivity contribution is 5.79. The molecule has 1 N–H and O–H groups in total. The average Bonchev–Trinajstić information content (AvgIpc) is 2.56. The first-order chi connectivity index (χ1) is 10.7. The van der Waals surface area contributed by atoms with Crippen molar-refractivity contribution in [1.29, 1.82) is 0 Å². The average molecular weight is 309 g/mol. The molecule has 2 unspecified atom stereocenters. The number of hydrogen-bond donors (Lipinski definition) is 1. The molecule has 0 aromatic heterocycles. The Kier molecular flexibility index (Phi) is 7.50. The fraction of sp³-hybridized carbons (Fsp3) is 0.944. The van der Waals surface area contributed by atoms with Gasteiger partial charge in [0.15, 0.2) is 5.96 Å². The molecule has 4 heteroatoms. The molecule has 2 fully saturated rings. The van der Waals surface area contributed by atoms with E-state index in [1.807, 2.05) is 7.05 Å². The summed E-state index contributed by atoms with van der Waals surface area (Å²) >= 11 is 0. The van der Waals surface area contributed by atoms with E-state index in [9.17, 15) is 0 Å². The van der Waals surface area contributed by atoms with Crippen LogP contribution in [-0.2, 0) is 4.74 Å². The fourth-order valence-electron chi connectivity index (χ4n) is 3.82. The lowest BCUT2D eigenvalue weighted by Crippen LogP contribution is -2.43. The summed E-state index contributed by atoms with van der Waals surface area (Å²) in [5, 5.41) is 3.61. The van der Waals surface area contributed by atoms with E-state index >= 15 is 0 Å². The van der Waals surface area contributed by atoms with Crippen molar-refractivity contribution >= 4 is 5.96 Å². The second-order valence-electron chi connectivity index (χ2n) is 7.22. The Morgan fingerprint density at radius 1 is 1.18 bits per heavy atom. The summed E-state index contributed by atoms with van der Waals surface area (Å²) in [6.07, 6.45) is 9.27. The quantitative estimate of drug-likeness (QED) is 0.626. The Bertz CT molecular complexity index is 339. The van der Waals surface area contributed by atoms with Crippen molar-refractivity contribution in [2.45, 2.75) is 51.9 Å². The number of nitrogens with one attached hydrogen (secondary N) is 1. The molecular formula is C18H35N3O. The van der Waals surface area contributed by atoms with Gasteiger partial charge in [0.25, 0.3) is 0 Å². The van der Waals surface area contributed by atoms with Gasteiger partial charge in [0.2, 0.25) is 0 Å². The van der Waals surface area contributed by atoms with Crippen LogP contribution in [0.2, 0.25) is 0 Å². The zero-order valence-electron chi connectivity index (χ0n) is 14.8. The minimum absolute atomic E-state index is 0.814. The molecule has 1 heterocycles. The minimum atomic E-state index is 0.814. The summed E-state index contributed by atoms with van der Waals surface area (Å²) in [4.78, 5) is 6.76. The van der Waals surface area contributed by atoms with Crippen molar-refractivity contribution < 1.29 is 4.74 Å². The van der Waals surface area contributed by atoms with Crippen LogP contribution in [0.3, 0.4) is 0 Å². The molecule has 1 saturated heterocycles. The maximum absolute atomic E-state index is 5.44. The van der Waals surface area contributed by atoms with E-state index in [4.69, 9.17) is 4.74 Å². The molecule has 4 nitrogen and oxygen atoms in total. The maximum atomic E-state index is 5.44. The second kappa shape index (κ2) is 9.39. The molecule has 0 aromatic carbocycles. The lowest BCUT2D eigenvalue weighted by molar-refractivity contribution is 0.0625. The van der Waals surface area contributed by atoms with Crippen molar-refractivity contribution in [3.63, 3.8) is 0 Å². The highest BCUT2D eigenvalue weighted by Crippen LogP contribution is 2.28.